The maximum absolute atomic E-state index is 5.32. The Bertz CT molecular complexity index is 368. The molecule has 1 atom stereocenters. The van der Waals surface area contributed by atoms with Gasteiger partial charge in [0.25, 0.3) is 0 Å². The minimum Gasteiger partial charge on any atom is -0.454 e. The summed E-state index contributed by atoms with van der Waals surface area (Å²) in [6.07, 6.45) is 2.82. The van der Waals surface area contributed by atoms with E-state index in [1.165, 1.54) is 5.56 Å². The van der Waals surface area contributed by atoms with Crippen LogP contribution in [0.15, 0.2) is 30.9 Å². The Hall–Kier alpha value is -1.19. The first-order chi connectivity index (χ1) is 7.33. The smallest absolute Gasteiger partial charge is 0.231 e. The molecule has 2 rings (SSSR count). The number of halogens is 1. The third-order valence-electron chi connectivity index (χ3n) is 2.55. The molecule has 1 aliphatic rings. The molecular weight excluding hydrogens is 226 g/mol. The average molecular weight is 242 g/mol. The lowest BCUT2D eigenvalue weighted by atomic mass is 10.1. The Morgan fingerprint density at radius 3 is 2.88 bits per heavy atom. The van der Waals surface area contributed by atoms with Gasteiger partial charge in [0.2, 0.25) is 6.79 Å². The maximum Gasteiger partial charge on any atom is 0.231 e. The molecule has 0 saturated heterocycles. The molecule has 4 heteroatoms. The number of ether oxygens (including phenoxy) is 2. The van der Waals surface area contributed by atoms with E-state index in [2.05, 4.69) is 18.0 Å². The molecule has 0 radical (unpaired) electrons. The van der Waals surface area contributed by atoms with E-state index in [1.54, 1.807) is 0 Å². The normalized spacial score (nSPS) is 14.1. The van der Waals surface area contributed by atoms with Crippen LogP contribution in [0.1, 0.15) is 5.56 Å². The number of fused-ring (bicyclic) bond motifs is 1. The first kappa shape index (κ1) is 12.9. The fourth-order valence-electron chi connectivity index (χ4n) is 1.63. The van der Waals surface area contributed by atoms with Crippen molar-refractivity contribution < 1.29 is 9.47 Å². The number of nitrogens with one attached hydrogen (secondary N) is 1. The molecule has 16 heavy (non-hydrogen) atoms. The maximum atomic E-state index is 5.32. The minimum absolute atomic E-state index is 0. The van der Waals surface area contributed by atoms with Crippen LogP contribution in [0.2, 0.25) is 0 Å². The third-order valence-corrected chi connectivity index (χ3v) is 2.55. The molecule has 1 aromatic rings. The van der Waals surface area contributed by atoms with Gasteiger partial charge in [0.05, 0.1) is 0 Å². The first-order valence-corrected chi connectivity index (χ1v) is 5.02. The largest absolute Gasteiger partial charge is 0.454 e. The van der Waals surface area contributed by atoms with Crippen molar-refractivity contribution in [1.82, 2.24) is 5.32 Å². The number of hydrogen-bond donors (Lipinski definition) is 1. The summed E-state index contributed by atoms with van der Waals surface area (Å²) in [5.74, 6) is 1.67. The molecule has 0 saturated carbocycles. The van der Waals surface area contributed by atoms with Crippen LogP contribution in [0.4, 0.5) is 0 Å². The quantitative estimate of drug-likeness (QED) is 0.820. The molecule has 0 aliphatic carbocycles. The molecule has 3 nitrogen and oxygen atoms in total. The topological polar surface area (TPSA) is 30.5 Å². The molecule has 0 fully saturated rings. The van der Waals surface area contributed by atoms with Gasteiger partial charge >= 0.3 is 0 Å². The highest BCUT2D eigenvalue weighted by Crippen LogP contribution is 2.32. The number of likely N-dealkylation sites (N-methyl/N-ethyl adjacent to an activating group) is 1. The van der Waals surface area contributed by atoms with E-state index < -0.39 is 0 Å². The van der Waals surface area contributed by atoms with Gasteiger partial charge in [-0.2, -0.15) is 0 Å². The minimum atomic E-state index is 0. The molecule has 0 aromatic heterocycles. The highest BCUT2D eigenvalue weighted by Gasteiger charge is 2.13. The fourth-order valence-corrected chi connectivity index (χ4v) is 1.63. The summed E-state index contributed by atoms with van der Waals surface area (Å²) in [6, 6.07) is 6.33. The number of rotatable bonds is 4. The Balaban J connectivity index is 0.00000128. The van der Waals surface area contributed by atoms with Crippen molar-refractivity contribution in [3.8, 4) is 11.5 Å². The van der Waals surface area contributed by atoms with Crippen molar-refractivity contribution in [3.05, 3.63) is 36.4 Å². The van der Waals surface area contributed by atoms with E-state index >= 15 is 0 Å². The lowest BCUT2D eigenvalue weighted by molar-refractivity contribution is 0.174. The van der Waals surface area contributed by atoms with E-state index in [0.717, 1.165) is 17.9 Å². The Labute approximate surface area is 102 Å². The second-order valence-electron chi connectivity index (χ2n) is 3.52. The molecule has 88 valence electrons. The van der Waals surface area contributed by atoms with E-state index in [4.69, 9.17) is 9.47 Å². The molecule has 1 N–H and O–H groups in total. The van der Waals surface area contributed by atoms with Crippen molar-refractivity contribution in [3.63, 3.8) is 0 Å². The SMILES string of the molecule is C=CC(Cc1ccc2c(c1)OCO2)NC.Cl. The molecule has 1 unspecified atom stereocenters. The van der Waals surface area contributed by atoms with Crippen LogP contribution in [-0.2, 0) is 6.42 Å². The van der Waals surface area contributed by atoms with E-state index in [1.807, 2.05) is 25.3 Å². The van der Waals surface area contributed by atoms with Gasteiger partial charge in [-0.05, 0) is 31.2 Å². The third kappa shape index (κ3) is 2.68. The summed E-state index contributed by atoms with van der Waals surface area (Å²) in [5, 5.41) is 3.18. The highest BCUT2D eigenvalue weighted by atomic mass is 35.5. The van der Waals surface area contributed by atoms with Crippen LogP contribution in [0.25, 0.3) is 0 Å². The van der Waals surface area contributed by atoms with Gasteiger partial charge in [-0.15, -0.1) is 19.0 Å². The van der Waals surface area contributed by atoms with Crippen molar-refractivity contribution in [2.24, 2.45) is 0 Å². The lowest BCUT2D eigenvalue weighted by Gasteiger charge is -2.11. The Morgan fingerprint density at radius 2 is 2.19 bits per heavy atom. The highest BCUT2D eigenvalue weighted by molar-refractivity contribution is 5.85. The lowest BCUT2D eigenvalue weighted by Crippen LogP contribution is -2.24. The van der Waals surface area contributed by atoms with Crippen LogP contribution in [0.5, 0.6) is 11.5 Å². The van der Waals surface area contributed by atoms with Gasteiger partial charge in [0.15, 0.2) is 11.5 Å². The molecule has 0 bridgehead atoms. The van der Waals surface area contributed by atoms with Gasteiger partial charge in [-0.3, -0.25) is 0 Å². The molecule has 1 aromatic carbocycles. The predicted molar refractivity (Wildman–Crippen MR) is 66.6 cm³/mol. The zero-order chi connectivity index (χ0) is 10.7. The standard InChI is InChI=1S/C12H15NO2.ClH/c1-3-10(13-2)6-9-4-5-11-12(7-9)15-8-14-11;/h3-5,7,10,13H,1,6,8H2,2H3;1H. The van der Waals surface area contributed by atoms with E-state index in [9.17, 15) is 0 Å². The molecular formula is C12H16ClNO2. The van der Waals surface area contributed by atoms with Crippen molar-refractivity contribution >= 4 is 12.4 Å². The van der Waals surface area contributed by atoms with Gasteiger partial charge in [-0.1, -0.05) is 12.1 Å². The summed E-state index contributed by atoms with van der Waals surface area (Å²) in [5.41, 5.74) is 1.22. The Kier molecular flexibility index (Phi) is 4.65. The van der Waals surface area contributed by atoms with Crippen LogP contribution in [0.3, 0.4) is 0 Å². The van der Waals surface area contributed by atoms with Gasteiger partial charge in [0, 0.05) is 6.04 Å². The van der Waals surface area contributed by atoms with Crippen molar-refractivity contribution in [2.75, 3.05) is 13.8 Å². The summed E-state index contributed by atoms with van der Waals surface area (Å²) < 4.78 is 10.6. The monoisotopic (exact) mass is 241 g/mol. The fraction of sp³-hybridized carbons (Fsp3) is 0.333. The predicted octanol–water partition coefficient (Wildman–Crippen LogP) is 2.15. The molecule has 0 amide bonds. The van der Waals surface area contributed by atoms with Gasteiger partial charge in [-0.25, -0.2) is 0 Å². The average Bonchev–Trinajstić information content (AvgIpc) is 2.73. The molecule has 0 spiro atoms. The van der Waals surface area contributed by atoms with Crippen molar-refractivity contribution in [1.29, 1.82) is 0 Å². The van der Waals surface area contributed by atoms with E-state index in [0.29, 0.717) is 12.8 Å². The molecule has 1 heterocycles. The summed E-state index contributed by atoms with van der Waals surface area (Å²) in [6.45, 7) is 4.11. The summed E-state index contributed by atoms with van der Waals surface area (Å²) in [4.78, 5) is 0. The number of hydrogen-bond acceptors (Lipinski definition) is 3. The molecule has 1 aliphatic heterocycles. The zero-order valence-electron chi connectivity index (χ0n) is 9.23. The van der Waals surface area contributed by atoms with Crippen LogP contribution < -0.4 is 14.8 Å². The Morgan fingerprint density at radius 1 is 1.44 bits per heavy atom. The van der Waals surface area contributed by atoms with E-state index in [-0.39, 0.29) is 12.4 Å². The first-order valence-electron chi connectivity index (χ1n) is 5.02. The van der Waals surface area contributed by atoms with Crippen molar-refractivity contribution in [2.45, 2.75) is 12.5 Å². The summed E-state index contributed by atoms with van der Waals surface area (Å²) >= 11 is 0. The second kappa shape index (κ2) is 5.77. The van der Waals surface area contributed by atoms with Crippen LogP contribution >= 0.6 is 12.4 Å². The summed E-state index contributed by atoms with van der Waals surface area (Å²) in [7, 11) is 1.93. The zero-order valence-corrected chi connectivity index (χ0v) is 10.0. The number of benzene rings is 1. The second-order valence-corrected chi connectivity index (χ2v) is 3.52. The van der Waals surface area contributed by atoms with Crippen LogP contribution in [-0.4, -0.2) is 19.9 Å². The van der Waals surface area contributed by atoms with Crippen LogP contribution in [0, 0.1) is 0 Å². The van der Waals surface area contributed by atoms with Gasteiger partial charge < -0.3 is 14.8 Å². The van der Waals surface area contributed by atoms with Gasteiger partial charge in [0.1, 0.15) is 0 Å².